The van der Waals surface area contributed by atoms with E-state index in [9.17, 15) is 5.21 Å². The van der Waals surface area contributed by atoms with Crippen molar-refractivity contribution in [3.8, 4) is 0 Å². The number of aliphatic imine (C=N–C) groups is 1. The first kappa shape index (κ1) is 16.8. The number of fused-ring (bicyclic) bond motifs is 1. The Morgan fingerprint density at radius 3 is 2.35 bits per heavy atom. The van der Waals surface area contributed by atoms with E-state index < -0.39 is 0 Å². The van der Waals surface area contributed by atoms with E-state index in [0.717, 1.165) is 33.8 Å². The zero-order chi connectivity index (χ0) is 17.9. The fourth-order valence-corrected chi connectivity index (χ4v) is 4.26. The van der Waals surface area contributed by atoms with Gasteiger partial charge in [-0.2, -0.15) is 0 Å². The van der Waals surface area contributed by atoms with E-state index in [2.05, 4.69) is 18.2 Å². The van der Waals surface area contributed by atoms with Crippen LogP contribution in [-0.2, 0) is 0 Å². The highest BCUT2D eigenvalue weighted by Crippen LogP contribution is 2.45. The largest absolute Gasteiger partial charge is 0.733 e. The first-order valence-electron chi connectivity index (χ1n) is 8.35. The van der Waals surface area contributed by atoms with Crippen molar-refractivity contribution in [1.82, 2.24) is 0 Å². The van der Waals surface area contributed by atoms with Crippen LogP contribution in [0.5, 0.6) is 0 Å². The molecule has 0 saturated heterocycles. The van der Waals surface area contributed by atoms with Crippen molar-refractivity contribution in [2.45, 2.75) is 16.6 Å². The van der Waals surface area contributed by atoms with E-state index >= 15 is 0 Å². The number of rotatable bonds is 3. The van der Waals surface area contributed by atoms with E-state index in [-0.39, 0.29) is 16.2 Å². The Hall–Kier alpha value is -2.60. The molecule has 1 aliphatic heterocycles. The second kappa shape index (κ2) is 7.33. The number of nitrogens with zero attached hydrogens (tertiary/aromatic N) is 2. The highest BCUT2D eigenvalue weighted by Gasteiger charge is 2.22. The smallest absolute Gasteiger partial charge is 0.0769 e. The standard InChI is InChI=1S/C21H17N2O2S/c24-23(25)17-12-10-16(11-13-17)21-14-19(15-6-2-1-3-7-15)22-18-8-4-5-9-20(18)26-21/h1-13,21,24H,14H2/q-1. The second-order valence-electron chi connectivity index (χ2n) is 6.07. The topological polar surface area (TPSA) is 58.9 Å². The molecule has 130 valence electrons. The quantitative estimate of drug-likeness (QED) is 0.605. The number of benzene rings is 3. The third-order valence-corrected chi connectivity index (χ3v) is 5.68. The number of para-hydroxylation sites is 1. The summed E-state index contributed by atoms with van der Waals surface area (Å²) in [7, 11) is 0. The molecule has 0 spiro atoms. The molecule has 0 bridgehead atoms. The van der Waals surface area contributed by atoms with Crippen molar-refractivity contribution in [2.75, 3.05) is 5.23 Å². The van der Waals surface area contributed by atoms with Crippen molar-refractivity contribution in [1.29, 1.82) is 0 Å². The van der Waals surface area contributed by atoms with Gasteiger partial charge in [0, 0.05) is 22.3 Å². The van der Waals surface area contributed by atoms with Crippen molar-refractivity contribution < 1.29 is 5.21 Å². The molecule has 0 fully saturated rings. The van der Waals surface area contributed by atoms with Crippen LogP contribution >= 0.6 is 11.8 Å². The molecule has 1 unspecified atom stereocenters. The third kappa shape index (κ3) is 3.51. The molecule has 0 aromatic heterocycles. The fraction of sp³-hybridized carbons (Fsp3) is 0.0952. The molecule has 0 radical (unpaired) electrons. The van der Waals surface area contributed by atoms with E-state index in [4.69, 9.17) is 10.2 Å². The summed E-state index contributed by atoms with van der Waals surface area (Å²) in [6.45, 7) is 0. The van der Waals surface area contributed by atoms with Crippen LogP contribution in [0.4, 0.5) is 11.4 Å². The first-order valence-corrected chi connectivity index (χ1v) is 9.23. The maximum absolute atomic E-state index is 11.0. The maximum Gasteiger partial charge on any atom is 0.0769 e. The molecule has 26 heavy (non-hydrogen) atoms. The lowest BCUT2D eigenvalue weighted by Gasteiger charge is -2.22. The highest BCUT2D eigenvalue weighted by molar-refractivity contribution is 7.99. The van der Waals surface area contributed by atoms with E-state index in [1.807, 2.05) is 48.5 Å². The summed E-state index contributed by atoms with van der Waals surface area (Å²) in [6.07, 6.45) is 0.781. The van der Waals surface area contributed by atoms with Crippen LogP contribution in [0.3, 0.4) is 0 Å². The minimum atomic E-state index is -0.115. The molecule has 4 rings (SSSR count). The summed E-state index contributed by atoms with van der Waals surface area (Å²) < 4.78 is 0. The van der Waals surface area contributed by atoms with Gasteiger partial charge in [0.15, 0.2) is 0 Å². The van der Waals surface area contributed by atoms with Crippen LogP contribution in [0.25, 0.3) is 0 Å². The fourth-order valence-electron chi connectivity index (χ4n) is 3.03. The molecule has 1 N–H and O–H groups in total. The molecule has 4 nitrogen and oxygen atoms in total. The van der Waals surface area contributed by atoms with Crippen LogP contribution < -0.4 is 5.23 Å². The van der Waals surface area contributed by atoms with Gasteiger partial charge in [0.25, 0.3) is 0 Å². The molecule has 3 aromatic rings. The summed E-state index contributed by atoms with van der Waals surface area (Å²) in [5.41, 5.74) is 4.47. The van der Waals surface area contributed by atoms with Gasteiger partial charge in [-0.1, -0.05) is 54.6 Å². The van der Waals surface area contributed by atoms with Crippen LogP contribution in [0.2, 0.25) is 0 Å². The molecule has 1 heterocycles. The third-order valence-electron chi connectivity index (χ3n) is 4.36. The summed E-state index contributed by atoms with van der Waals surface area (Å²) >= 11 is 1.77. The minimum Gasteiger partial charge on any atom is -0.733 e. The number of thioether (sulfide) groups is 1. The lowest BCUT2D eigenvalue weighted by Crippen LogP contribution is -2.08. The van der Waals surface area contributed by atoms with E-state index in [1.165, 1.54) is 0 Å². The summed E-state index contributed by atoms with van der Waals surface area (Å²) in [5.74, 6) is 0. The molecule has 0 amide bonds. The Kier molecular flexibility index (Phi) is 4.75. The molecule has 1 aliphatic rings. The van der Waals surface area contributed by atoms with E-state index in [0.29, 0.717) is 0 Å². The summed E-state index contributed by atoms with van der Waals surface area (Å²) in [5, 5.41) is 20.1. The average Bonchev–Trinajstić information content (AvgIpc) is 2.88. The Morgan fingerprint density at radius 2 is 1.62 bits per heavy atom. The number of hydrogen-bond acceptors (Lipinski definition) is 5. The van der Waals surface area contributed by atoms with Gasteiger partial charge in [-0.25, -0.2) is 0 Å². The van der Waals surface area contributed by atoms with Crippen LogP contribution in [-0.4, -0.2) is 10.9 Å². The highest BCUT2D eigenvalue weighted by atomic mass is 32.2. The van der Waals surface area contributed by atoms with Crippen molar-refractivity contribution in [3.63, 3.8) is 0 Å². The Balaban J connectivity index is 1.74. The zero-order valence-electron chi connectivity index (χ0n) is 13.9. The monoisotopic (exact) mass is 361 g/mol. The maximum atomic E-state index is 11.0. The van der Waals surface area contributed by atoms with Gasteiger partial charge in [0.05, 0.1) is 11.4 Å². The van der Waals surface area contributed by atoms with Gasteiger partial charge in [-0.3, -0.25) is 10.2 Å². The van der Waals surface area contributed by atoms with Gasteiger partial charge < -0.3 is 10.4 Å². The predicted octanol–water partition coefficient (Wildman–Crippen LogP) is 5.74. The number of hydrogen-bond donors (Lipinski definition) is 1. The Morgan fingerprint density at radius 1 is 0.923 bits per heavy atom. The van der Waals surface area contributed by atoms with Crippen LogP contribution in [0.1, 0.15) is 22.8 Å². The molecule has 5 heteroatoms. The Labute approximate surface area is 156 Å². The van der Waals surface area contributed by atoms with Crippen molar-refractivity contribution in [2.24, 2.45) is 4.99 Å². The average molecular weight is 361 g/mol. The normalized spacial score (nSPS) is 16.4. The molecule has 1 atom stereocenters. The second-order valence-corrected chi connectivity index (χ2v) is 7.31. The summed E-state index contributed by atoms with van der Waals surface area (Å²) in [4.78, 5) is 6.07. The van der Waals surface area contributed by atoms with Crippen molar-refractivity contribution in [3.05, 3.63) is 95.2 Å². The molecule has 0 saturated carbocycles. The van der Waals surface area contributed by atoms with Crippen LogP contribution in [0, 0.1) is 5.21 Å². The minimum absolute atomic E-state index is 0.115. The first-order chi connectivity index (χ1) is 12.7. The molecule has 3 aromatic carbocycles. The zero-order valence-corrected chi connectivity index (χ0v) is 14.8. The lowest BCUT2D eigenvalue weighted by molar-refractivity contribution is 0.296. The predicted molar refractivity (Wildman–Crippen MR) is 106 cm³/mol. The van der Waals surface area contributed by atoms with Gasteiger partial charge >= 0.3 is 0 Å². The van der Waals surface area contributed by atoms with E-state index in [1.54, 1.807) is 23.9 Å². The van der Waals surface area contributed by atoms with Gasteiger partial charge in [-0.05, 0) is 35.4 Å². The van der Waals surface area contributed by atoms with Gasteiger partial charge in [0.2, 0.25) is 0 Å². The Bertz CT molecular complexity index is 924. The van der Waals surface area contributed by atoms with Crippen LogP contribution in [0.15, 0.2) is 88.8 Å². The van der Waals surface area contributed by atoms with Gasteiger partial charge in [-0.15, -0.1) is 11.8 Å². The summed E-state index contributed by atoms with van der Waals surface area (Å²) in [6, 6.07) is 25.4. The lowest BCUT2D eigenvalue weighted by atomic mass is 10.0. The SMILES string of the molecule is [O-]N(O)c1ccc(C2CC(c3ccccc3)=Nc3ccccc3S2)cc1. The molecular formula is C21H17N2O2S-. The van der Waals surface area contributed by atoms with Crippen molar-refractivity contribution >= 4 is 28.8 Å². The number of anilines is 1. The molecular weight excluding hydrogens is 344 g/mol. The van der Waals surface area contributed by atoms with Gasteiger partial charge in [0.1, 0.15) is 0 Å². The molecule has 0 aliphatic carbocycles.